The zero-order valence-corrected chi connectivity index (χ0v) is 18.1. The highest BCUT2D eigenvalue weighted by atomic mass is 16.5. The molecule has 3 rings (SSSR count). The Balaban J connectivity index is 1.59. The molecule has 2 amide bonds. The summed E-state index contributed by atoms with van der Waals surface area (Å²) in [5.41, 5.74) is 1.38. The van der Waals surface area contributed by atoms with Gasteiger partial charge in [-0.2, -0.15) is 0 Å². The van der Waals surface area contributed by atoms with Gasteiger partial charge in [-0.25, -0.2) is 0 Å². The molecule has 0 spiro atoms. The van der Waals surface area contributed by atoms with E-state index in [1.54, 1.807) is 12.1 Å². The van der Waals surface area contributed by atoms with Gasteiger partial charge in [0, 0.05) is 24.6 Å². The lowest BCUT2D eigenvalue weighted by atomic mass is 10.1. The fourth-order valence-electron chi connectivity index (χ4n) is 3.64. The topological polar surface area (TPSA) is 85.9 Å². The Kier molecular flexibility index (Phi) is 8.15. The van der Waals surface area contributed by atoms with Gasteiger partial charge in [-0.1, -0.05) is 43.2 Å². The number of methoxy groups -OCH3 is 2. The van der Waals surface area contributed by atoms with E-state index in [1.165, 1.54) is 14.2 Å². The van der Waals surface area contributed by atoms with E-state index in [-0.39, 0.29) is 30.8 Å². The predicted octanol–water partition coefficient (Wildman–Crippen LogP) is 3.46. The van der Waals surface area contributed by atoms with Crippen molar-refractivity contribution >= 4 is 11.8 Å². The molecule has 0 bridgehead atoms. The number of carbonyl (C=O) groups is 2. The quantitative estimate of drug-likeness (QED) is 0.608. The van der Waals surface area contributed by atoms with E-state index in [0.717, 1.165) is 31.2 Å². The summed E-state index contributed by atoms with van der Waals surface area (Å²) in [4.78, 5) is 24.6. The number of nitrogens with one attached hydrogen (secondary N) is 2. The maximum absolute atomic E-state index is 12.6. The minimum Gasteiger partial charge on any atom is -0.493 e. The van der Waals surface area contributed by atoms with Crippen LogP contribution in [0.5, 0.6) is 17.2 Å². The number of amides is 2. The van der Waals surface area contributed by atoms with Crippen LogP contribution in [0.2, 0.25) is 0 Å². The minimum atomic E-state index is -0.306. The highest BCUT2D eigenvalue weighted by Gasteiger charge is 2.19. The van der Waals surface area contributed by atoms with Crippen LogP contribution < -0.4 is 24.8 Å². The molecule has 0 unspecified atom stereocenters. The first-order valence-electron chi connectivity index (χ1n) is 10.6. The lowest BCUT2D eigenvalue weighted by molar-refractivity contribution is -0.121. The molecule has 1 aliphatic rings. The molecule has 1 aliphatic carbocycles. The van der Waals surface area contributed by atoms with E-state index in [9.17, 15) is 9.59 Å². The Bertz CT molecular complexity index is 854. The Morgan fingerprint density at radius 3 is 2.26 bits per heavy atom. The molecular weight excluding hydrogens is 396 g/mol. The van der Waals surface area contributed by atoms with Gasteiger partial charge in [0.05, 0.1) is 14.2 Å². The van der Waals surface area contributed by atoms with Gasteiger partial charge < -0.3 is 24.8 Å². The van der Waals surface area contributed by atoms with Gasteiger partial charge in [0.1, 0.15) is 6.61 Å². The van der Waals surface area contributed by atoms with Crippen molar-refractivity contribution in [2.45, 2.75) is 44.8 Å². The van der Waals surface area contributed by atoms with E-state index in [1.807, 2.05) is 30.3 Å². The van der Waals surface area contributed by atoms with Crippen molar-refractivity contribution in [3.63, 3.8) is 0 Å². The van der Waals surface area contributed by atoms with E-state index in [0.29, 0.717) is 29.4 Å². The van der Waals surface area contributed by atoms with Crippen LogP contribution in [0.4, 0.5) is 0 Å². The summed E-state index contributed by atoms with van der Waals surface area (Å²) in [6.45, 7) is 0.601. The first-order valence-corrected chi connectivity index (χ1v) is 10.6. The molecule has 7 heteroatoms. The van der Waals surface area contributed by atoms with Gasteiger partial charge in [0.2, 0.25) is 11.7 Å². The molecule has 0 saturated heterocycles. The third kappa shape index (κ3) is 6.38. The molecule has 166 valence electrons. The standard InChI is InChI=1S/C24H30N2O5/c1-29-20-14-18(24(28)25-13-12-22(27)26-19-10-6-7-11-19)15-21(30-2)23(20)31-16-17-8-4-3-5-9-17/h3-5,8-9,14-15,19H,6-7,10-13,16H2,1-2H3,(H,25,28)(H,26,27). The maximum atomic E-state index is 12.6. The molecule has 0 aromatic heterocycles. The summed E-state index contributed by atoms with van der Waals surface area (Å²) >= 11 is 0. The van der Waals surface area contributed by atoms with Crippen molar-refractivity contribution < 1.29 is 23.8 Å². The van der Waals surface area contributed by atoms with Crippen LogP contribution in [-0.4, -0.2) is 38.6 Å². The molecule has 0 heterocycles. The number of rotatable bonds is 10. The van der Waals surface area contributed by atoms with Crippen LogP contribution in [-0.2, 0) is 11.4 Å². The average molecular weight is 427 g/mol. The first-order chi connectivity index (χ1) is 15.1. The molecule has 7 nitrogen and oxygen atoms in total. The minimum absolute atomic E-state index is 0.0352. The van der Waals surface area contributed by atoms with Crippen molar-refractivity contribution in [1.82, 2.24) is 10.6 Å². The fraction of sp³-hybridized carbons (Fsp3) is 0.417. The number of benzene rings is 2. The van der Waals surface area contributed by atoms with Crippen LogP contribution in [0.1, 0.15) is 48.0 Å². The van der Waals surface area contributed by atoms with Gasteiger partial charge >= 0.3 is 0 Å². The average Bonchev–Trinajstić information content (AvgIpc) is 3.30. The second kappa shape index (κ2) is 11.2. The van der Waals surface area contributed by atoms with E-state index >= 15 is 0 Å². The van der Waals surface area contributed by atoms with Crippen molar-refractivity contribution in [2.75, 3.05) is 20.8 Å². The van der Waals surface area contributed by atoms with Gasteiger partial charge in [0.15, 0.2) is 11.5 Å². The largest absolute Gasteiger partial charge is 0.493 e. The van der Waals surface area contributed by atoms with Crippen molar-refractivity contribution in [2.24, 2.45) is 0 Å². The molecule has 0 aliphatic heterocycles. The number of ether oxygens (including phenoxy) is 3. The Morgan fingerprint density at radius 2 is 1.65 bits per heavy atom. The highest BCUT2D eigenvalue weighted by Crippen LogP contribution is 2.39. The third-order valence-corrected chi connectivity index (χ3v) is 5.31. The number of hydrogen-bond acceptors (Lipinski definition) is 5. The van der Waals surface area contributed by atoms with Gasteiger partial charge in [0.25, 0.3) is 5.91 Å². The zero-order chi connectivity index (χ0) is 22.1. The Morgan fingerprint density at radius 1 is 1.00 bits per heavy atom. The van der Waals surface area contributed by atoms with Crippen LogP contribution in [0.25, 0.3) is 0 Å². The lowest BCUT2D eigenvalue weighted by Gasteiger charge is -2.16. The summed E-state index contributed by atoms with van der Waals surface area (Å²) in [6.07, 6.45) is 4.65. The zero-order valence-electron chi connectivity index (χ0n) is 18.1. The fourth-order valence-corrected chi connectivity index (χ4v) is 3.64. The smallest absolute Gasteiger partial charge is 0.251 e. The summed E-state index contributed by atoms with van der Waals surface area (Å²) in [5.74, 6) is 0.895. The third-order valence-electron chi connectivity index (χ3n) is 5.31. The van der Waals surface area contributed by atoms with Crippen molar-refractivity contribution in [3.8, 4) is 17.2 Å². The van der Waals surface area contributed by atoms with E-state index in [2.05, 4.69) is 10.6 Å². The van der Waals surface area contributed by atoms with Crippen molar-refractivity contribution in [1.29, 1.82) is 0 Å². The van der Waals surface area contributed by atoms with Crippen LogP contribution >= 0.6 is 0 Å². The molecular formula is C24H30N2O5. The van der Waals surface area contributed by atoms with Gasteiger partial charge in [-0.3, -0.25) is 9.59 Å². The SMILES string of the molecule is COc1cc(C(=O)NCCC(=O)NC2CCCC2)cc(OC)c1OCc1ccccc1. The lowest BCUT2D eigenvalue weighted by Crippen LogP contribution is -2.35. The summed E-state index contributed by atoms with van der Waals surface area (Å²) in [6, 6.07) is 13.2. The number of hydrogen-bond donors (Lipinski definition) is 2. The molecule has 2 aromatic rings. The Labute approximate surface area is 183 Å². The number of carbonyl (C=O) groups excluding carboxylic acids is 2. The molecule has 1 fully saturated rings. The summed E-state index contributed by atoms with van der Waals surface area (Å²) < 4.78 is 16.8. The second-order valence-corrected chi connectivity index (χ2v) is 7.54. The second-order valence-electron chi connectivity index (χ2n) is 7.54. The molecule has 2 N–H and O–H groups in total. The first kappa shape index (κ1) is 22.5. The highest BCUT2D eigenvalue weighted by molar-refractivity contribution is 5.95. The molecule has 2 aromatic carbocycles. The van der Waals surface area contributed by atoms with Crippen LogP contribution in [0.15, 0.2) is 42.5 Å². The molecule has 0 radical (unpaired) electrons. The van der Waals surface area contributed by atoms with Crippen molar-refractivity contribution in [3.05, 3.63) is 53.6 Å². The summed E-state index contributed by atoms with van der Waals surface area (Å²) in [5, 5.41) is 5.80. The Hall–Kier alpha value is -3.22. The monoisotopic (exact) mass is 426 g/mol. The van der Waals surface area contributed by atoms with Crippen LogP contribution in [0.3, 0.4) is 0 Å². The van der Waals surface area contributed by atoms with Crippen LogP contribution in [0, 0.1) is 0 Å². The summed E-state index contributed by atoms with van der Waals surface area (Å²) in [7, 11) is 3.03. The molecule has 31 heavy (non-hydrogen) atoms. The van der Waals surface area contributed by atoms with Gasteiger partial charge in [-0.15, -0.1) is 0 Å². The van der Waals surface area contributed by atoms with Gasteiger partial charge in [-0.05, 0) is 30.5 Å². The van der Waals surface area contributed by atoms with E-state index in [4.69, 9.17) is 14.2 Å². The molecule has 0 atom stereocenters. The molecule has 1 saturated carbocycles. The maximum Gasteiger partial charge on any atom is 0.251 e. The van der Waals surface area contributed by atoms with E-state index < -0.39 is 0 Å². The normalized spacial score (nSPS) is 13.5. The predicted molar refractivity (Wildman–Crippen MR) is 118 cm³/mol.